The van der Waals surface area contributed by atoms with E-state index in [2.05, 4.69) is 0 Å². The highest BCUT2D eigenvalue weighted by atomic mass is 19.4. The predicted molar refractivity (Wildman–Crippen MR) is 76.2 cm³/mol. The average molecular weight is 468 g/mol. The first kappa shape index (κ1) is 26.3. The Labute approximate surface area is 160 Å². The Morgan fingerprint density at radius 2 is 1.03 bits per heavy atom. The van der Waals surface area contributed by atoms with Crippen LogP contribution >= 0.6 is 0 Å². The first-order valence-electron chi connectivity index (χ1n) is 7.76. The van der Waals surface area contributed by atoms with Crippen LogP contribution in [-0.2, 0) is 6.42 Å². The van der Waals surface area contributed by atoms with Crippen LogP contribution in [0.4, 0.5) is 57.1 Å². The zero-order chi connectivity index (χ0) is 24.0. The molecule has 1 atom stereocenters. The van der Waals surface area contributed by atoms with Crippen LogP contribution in [0.1, 0.15) is 18.9 Å². The van der Waals surface area contributed by atoms with E-state index >= 15 is 0 Å². The van der Waals surface area contributed by atoms with Gasteiger partial charge < -0.3 is 5.11 Å². The van der Waals surface area contributed by atoms with Crippen molar-refractivity contribution in [1.82, 2.24) is 0 Å². The van der Waals surface area contributed by atoms with Gasteiger partial charge in [0, 0.05) is 12.8 Å². The van der Waals surface area contributed by atoms with Crippen molar-refractivity contribution in [1.29, 1.82) is 0 Å². The van der Waals surface area contributed by atoms with Crippen molar-refractivity contribution in [3.8, 4) is 0 Å². The molecule has 0 aliphatic rings. The Balaban J connectivity index is 3.31. The molecule has 0 radical (unpaired) electrons. The van der Waals surface area contributed by atoms with Crippen molar-refractivity contribution >= 4 is 0 Å². The van der Waals surface area contributed by atoms with Crippen molar-refractivity contribution in [2.75, 3.05) is 0 Å². The van der Waals surface area contributed by atoms with E-state index in [-0.39, 0.29) is 5.56 Å². The van der Waals surface area contributed by atoms with Gasteiger partial charge in [-0.3, -0.25) is 0 Å². The van der Waals surface area contributed by atoms with E-state index < -0.39 is 54.2 Å². The quantitative estimate of drug-likeness (QED) is 0.457. The van der Waals surface area contributed by atoms with Gasteiger partial charge in [-0.15, -0.1) is 0 Å². The van der Waals surface area contributed by atoms with Crippen LogP contribution in [0.25, 0.3) is 0 Å². The molecule has 0 fully saturated rings. The molecule has 0 saturated carbocycles. The standard InChI is InChI=1S/C16H13F13O/c1-10(30,7-9-5-3-2-4-6-9)8-11(17,18)12(19,20)13(21,22)14(23,24)15(25,26)16(27,28)29/h2-6,30H,7-8H2,1H3. The molecule has 1 N–H and O–H groups in total. The molecule has 0 aliphatic heterocycles. The molecule has 0 amide bonds. The first-order valence-corrected chi connectivity index (χ1v) is 7.76. The molecule has 1 rings (SSSR count). The zero-order valence-corrected chi connectivity index (χ0v) is 14.7. The number of benzene rings is 1. The largest absolute Gasteiger partial charge is 0.460 e. The van der Waals surface area contributed by atoms with Crippen molar-refractivity contribution in [2.45, 2.75) is 61.2 Å². The second-order valence-electron chi connectivity index (χ2n) is 6.84. The van der Waals surface area contributed by atoms with Crippen LogP contribution in [0.15, 0.2) is 30.3 Å². The maximum absolute atomic E-state index is 13.9. The van der Waals surface area contributed by atoms with Gasteiger partial charge in [0.25, 0.3) is 0 Å². The minimum Gasteiger partial charge on any atom is -0.390 e. The molecule has 1 nitrogen and oxygen atoms in total. The number of rotatable bonds is 8. The monoisotopic (exact) mass is 468 g/mol. The summed E-state index contributed by atoms with van der Waals surface area (Å²) in [5.41, 5.74) is -2.95. The van der Waals surface area contributed by atoms with Crippen LogP contribution in [0, 0.1) is 0 Å². The van der Waals surface area contributed by atoms with Crippen molar-refractivity contribution < 1.29 is 62.2 Å². The van der Waals surface area contributed by atoms with E-state index in [1.807, 2.05) is 0 Å². The Hall–Kier alpha value is -1.73. The fourth-order valence-electron chi connectivity index (χ4n) is 2.49. The second-order valence-corrected chi connectivity index (χ2v) is 6.84. The van der Waals surface area contributed by atoms with Crippen molar-refractivity contribution in [2.24, 2.45) is 0 Å². The van der Waals surface area contributed by atoms with Crippen LogP contribution in [0.2, 0.25) is 0 Å². The van der Waals surface area contributed by atoms with Gasteiger partial charge in [-0.1, -0.05) is 30.3 Å². The third kappa shape index (κ3) is 4.33. The zero-order valence-electron chi connectivity index (χ0n) is 14.7. The smallest absolute Gasteiger partial charge is 0.390 e. The molecule has 30 heavy (non-hydrogen) atoms. The summed E-state index contributed by atoms with van der Waals surface area (Å²) in [6, 6.07) is 6.43. The molecular weight excluding hydrogens is 455 g/mol. The Morgan fingerprint density at radius 1 is 0.633 bits per heavy atom. The topological polar surface area (TPSA) is 20.2 Å². The molecule has 0 spiro atoms. The van der Waals surface area contributed by atoms with Gasteiger partial charge in [0.2, 0.25) is 0 Å². The van der Waals surface area contributed by atoms with E-state index in [1.165, 1.54) is 30.3 Å². The van der Waals surface area contributed by atoms with Crippen LogP contribution in [0.5, 0.6) is 0 Å². The van der Waals surface area contributed by atoms with Gasteiger partial charge in [-0.2, -0.15) is 57.1 Å². The van der Waals surface area contributed by atoms with Crippen LogP contribution in [-0.4, -0.2) is 46.5 Å². The Kier molecular flexibility index (Phi) is 6.53. The lowest BCUT2D eigenvalue weighted by molar-refractivity contribution is -0.441. The van der Waals surface area contributed by atoms with Gasteiger partial charge in [0.1, 0.15) is 0 Å². The summed E-state index contributed by atoms with van der Waals surface area (Å²) < 4.78 is 170. The van der Waals surface area contributed by atoms with Gasteiger partial charge >= 0.3 is 35.8 Å². The van der Waals surface area contributed by atoms with Crippen molar-refractivity contribution in [3.63, 3.8) is 0 Å². The highest BCUT2D eigenvalue weighted by Gasteiger charge is 2.90. The van der Waals surface area contributed by atoms with E-state index in [4.69, 9.17) is 0 Å². The number of alkyl halides is 13. The molecule has 174 valence electrons. The summed E-state index contributed by atoms with van der Waals surface area (Å²) in [7, 11) is 0. The predicted octanol–water partition coefficient (Wildman–Crippen LogP) is 6.11. The average Bonchev–Trinajstić information content (AvgIpc) is 2.52. The lowest BCUT2D eigenvalue weighted by Gasteiger charge is -2.41. The third-order valence-electron chi connectivity index (χ3n) is 4.03. The number of halogens is 13. The highest BCUT2D eigenvalue weighted by molar-refractivity contribution is 5.18. The molecule has 0 heterocycles. The first-order chi connectivity index (χ1) is 13.0. The third-order valence-corrected chi connectivity index (χ3v) is 4.03. The maximum atomic E-state index is 13.9. The summed E-state index contributed by atoms with van der Waals surface area (Å²) in [6.07, 6.45) is -11.0. The number of aliphatic hydroxyl groups is 1. The molecule has 1 aromatic carbocycles. The fourth-order valence-corrected chi connectivity index (χ4v) is 2.49. The molecule has 0 saturated heterocycles. The van der Waals surface area contributed by atoms with Gasteiger partial charge in [0.15, 0.2) is 0 Å². The van der Waals surface area contributed by atoms with Gasteiger partial charge in [-0.25, -0.2) is 0 Å². The van der Waals surface area contributed by atoms with E-state index in [9.17, 15) is 62.2 Å². The highest BCUT2D eigenvalue weighted by Crippen LogP contribution is 2.61. The minimum atomic E-state index is -7.95. The molecule has 1 unspecified atom stereocenters. The van der Waals surface area contributed by atoms with Gasteiger partial charge in [-0.05, 0) is 12.5 Å². The summed E-state index contributed by atoms with van der Waals surface area (Å²) in [4.78, 5) is 0. The molecule has 0 bridgehead atoms. The number of hydrogen-bond acceptors (Lipinski definition) is 1. The summed E-state index contributed by atoms with van der Waals surface area (Å²) in [6.45, 7) is 0.435. The SMILES string of the molecule is CC(O)(Cc1ccccc1)CC(F)(F)C(F)(F)C(F)(F)C(F)(F)C(F)(F)C(F)(F)F. The maximum Gasteiger partial charge on any atom is 0.460 e. The summed E-state index contributed by atoms with van der Waals surface area (Å²) in [5.74, 6) is -37.3. The molecule has 0 aromatic heterocycles. The molecular formula is C16H13F13O. The Morgan fingerprint density at radius 3 is 1.43 bits per heavy atom. The lowest BCUT2D eigenvalue weighted by Crippen LogP contribution is -2.70. The van der Waals surface area contributed by atoms with Crippen LogP contribution in [0.3, 0.4) is 0 Å². The normalized spacial score (nSPS) is 17.0. The summed E-state index contributed by atoms with van der Waals surface area (Å²) in [5, 5.41) is 9.85. The molecule has 0 aliphatic carbocycles. The van der Waals surface area contributed by atoms with E-state index in [0.717, 1.165) is 0 Å². The molecule has 1 aromatic rings. The van der Waals surface area contributed by atoms with Gasteiger partial charge in [0.05, 0.1) is 5.60 Å². The van der Waals surface area contributed by atoms with Crippen LogP contribution < -0.4 is 0 Å². The Bertz CT molecular complexity index is 722. The number of hydrogen-bond donors (Lipinski definition) is 1. The van der Waals surface area contributed by atoms with Crippen molar-refractivity contribution in [3.05, 3.63) is 35.9 Å². The fraction of sp³-hybridized carbons (Fsp3) is 0.625. The minimum absolute atomic E-state index is 0.0160. The summed E-state index contributed by atoms with van der Waals surface area (Å²) >= 11 is 0. The van der Waals surface area contributed by atoms with E-state index in [1.54, 1.807) is 0 Å². The molecule has 14 heteroatoms. The second kappa shape index (κ2) is 7.45. The van der Waals surface area contributed by atoms with E-state index in [0.29, 0.717) is 6.92 Å². The lowest BCUT2D eigenvalue weighted by atomic mass is 9.85.